The van der Waals surface area contributed by atoms with Gasteiger partial charge in [-0.05, 0) is 85.6 Å². The average molecular weight is 468 g/mol. The fourth-order valence-corrected chi connectivity index (χ4v) is 5.29. The van der Waals surface area contributed by atoms with Gasteiger partial charge in [-0.3, -0.25) is 9.97 Å². The third-order valence-corrected chi connectivity index (χ3v) is 6.94. The molecule has 172 valence electrons. The summed E-state index contributed by atoms with van der Waals surface area (Å²) in [5.41, 5.74) is 7.98. The summed E-state index contributed by atoms with van der Waals surface area (Å²) < 4.78 is 2.26. The molecule has 0 radical (unpaired) electrons. The normalized spacial score (nSPS) is 17.9. The van der Waals surface area contributed by atoms with Crippen LogP contribution in [0, 0.1) is 13.8 Å². The van der Waals surface area contributed by atoms with Gasteiger partial charge in [-0.1, -0.05) is 32.0 Å². The van der Waals surface area contributed by atoms with Crippen LogP contribution in [-0.4, -0.2) is 19.6 Å². The van der Waals surface area contributed by atoms with Gasteiger partial charge in [0.05, 0.1) is 29.7 Å². The van der Waals surface area contributed by atoms with Crippen LogP contribution in [0.5, 0.6) is 0 Å². The molecule has 34 heavy (non-hydrogen) atoms. The number of anilines is 1. The molecular weight excluding hydrogens is 438 g/mol. The highest BCUT2D eigenvalue weighted by Gasteiger charge is 2.42. The Bertz CT molecular complexity index is 1300. The molecule has 1 aromatic carbocycles. The summed E-state index contributed by atoms with van der Waals surface area (Å²) in [5.74, 6) is 0.480. The van der Waals surface area contributed by atoms with Crippen LogP contribution in [0.3, 0.4) is 0 Å². The lowest BCUT2D eigenvalue weighted by Gasteiger charge is -2.28. The van der Waals surface area contributed by atoms with Gasteiger partial charge in [0.2, 0.25) is 0 Å². The molecule has 4 aromatic rings. The maximum absolute atomic E-state index is 5.91. The smallest absolute Gasteiger partial charge is 0.174 e. The highest BCUT2D eigenvalue weighted by Crippen LogP contribution is 2.43. The van der Waals surface area contributed by atoms with Crippen molar-refractivity contribution in [3.8, 4) is 5.69 Å². The van der Waals surface area contributed by atoms with Gasteiger partial charge < -0.3 is 14.8 Å². The van der Waals surface area contributed by atoms with Crippen LogP contribution < -0.4 is 10.2 Å². The van der Waals surface area contributed by atoms with Crippen LogP contribution >= 0.6 is 12.2 Å². The fourth-order valence-electron chi connectivity index (χ4n) is 4.94. The Kier molecular flexibility index (Phi) is 5.92. The topological polar surface area (TPSA) is 46.0 Å². The summed E-state index contributed by atoms with van der Waals surface area (Å²) in [5, 5.41) is 4.29. The van der Waals surface area contributed by atoms with Gasteiger partial charge in [0, 0.05) is 29.5 Å². The Hall–Kier alpha value is -3.51. The van der Waals surface area contributed by atoms with Crippen LogP contribution in [0.25, 0.3) is 5.69 Å². The second-order valence-electron chi connectivity index (χ2n) is 9.12. The lowest BCUT2D eigenvalue weighted by molar-refractivity contribution is 0.565. The van der Waals surface area contributed by atoms with Crippen molar-refractivity contribution in [1.29, 1.82) is 0 Å². The van der Waals surface area contributed by atoms with E-state index in [1.54, 1.807) is 6.20 Å². The molecule has 6 heteroatoms. The van der Waals surface area contributed by atoms with E-state index in [1.807, 2.05) is 30.6 Å². The lowest BCUT2D eigenvalue weighted by atomic mass is 9.96. The number of thiocarbonyl (C=S) groups is 1. The van der Waals surface area contributed by atoms with Gasteiger partial charge in [-0.25, -0.2) is 0 Å². The molecule has 5 nitrogen and oxygen atoms in total. The van der Waals surface area contributed by atoms with E-state index < -0.39 is 0 Å². The number of hydrogen-bond acceptors (Lipinski definition) is 3. The minimum absolute atomic E-state index is 0.0380. The van der Waals surface area contributed by atoms with Crippen LogP contribution in [0.2, 0.25) is 0 Å². The Morgan fingerprint density at radius 3 is 2.38 bits per heavy atom. The Morgan fingerprint density at radius 2 is 1.74 bits per heavy atom. The summed E-state index contributed by atoms with van der Waals surface area (Å²) in [6.07, 6.45) is 5.55. The second-order valence-corrected chi connectivity index (χ2v) is 9.50. The number of aromatic nitrogens is 3. The zero-order valence-electron chi connectivity index (χ0n) is 19.9. The Morgan fingerprint density at radius 1 is 0.941 bits per heavy atom. The second kappa shape index (κ2) is 9.03. The maximum Gasteiger partial charge on any atom is 0.174 e. The highest BCUT2D eigenvalue weighted by molar-refractivity contribution is 7.80. The minimum atomic E-state index is -0.0682. The van der Waals surface area contributed by atoms with E-state index in [4.69, 9.17) is 12.2 Å². The molecular formula is C28H29N5S. The van der Waals surface area contributed by atoms with Crippen molar-refractivity contribution in [3.63, 3.8) is 0 Å². The van der Waals surface area contributed by atoms with Crippen molar-refractivity contribution >= 4 is 23.0 Å². The summed E-state index contributed by atoms with van der Waals surface area (Å²) in [6.45, 7) is 8.74. The first-order valence-electron chi connectivity index (χ1n) is 11.7. The Labute approximate surface area is 206 Å². The number of hydrogen-bond donors (Lipinski definition) is 1. The molecule has 2 atom stereocenters. The number of nitrogens with one attached hydrogen (secondary N) is 1. The van der Waals surface area contributed by atoms with Crippen molar-refractivity contribution in [2.75, 3.05) is 4.90 Å². The molecule has 5 rings (SSSR count). The van der Waals surface area contributed by atoms with Gasteiger partial charge in [0.1, 0.15) is 0 Å². The van der Waals surface area contributed by atoms with Crippen LogP contribution in [0.1, 0.15) is 60.1 Å². The number of pyridine rings is 2. The van der Waals surface area contributed by atoms with Crippen molar-refractivity contribution in [1.82, 2.24) is 19.9 Å². The van der Waals surface area contributed by atoms with Gasteiger partial charge >= 0.3 is 0 Å². The van der Waals surface area contributed by atoms with Gasteiger partial charge in [0.15, 0.2) is 5.11 Å². The van der Waals surface area contributed by atoms with E-state index in [-0.39, 0.29) is 12.1 Å². The first-order chi connectivity index (χ1) is 16.5. The summed E-state index contributed by atoms with van der Waals surface area (Å²) in [4.78, 5) is 11.3. The van der Waals surface area contributed by atoms with Gasteiger partial charge in [-0.2, -0.15) is 0 Å². The summed E-state index contributed by atoms with van der Waals surface area (Å²) in [7, 11) is 0. The zero-order valence-corrected chi connectivity index (χ0v) is 20.8. The molecule has 4 heterocycles. The van der Waals surface area contributed by atoms with Crippen LogP contribution in [0.15, 0.2) is 79.3 Å². The van der Waals surface area contributed by atoms with Crippen molar-refractivity contribution in [2.45, 2.75) is 45.7 Å². The average Bonchev–Trinajstić information content (AvgIpc) is 3.35. The SMILES string of the molecule is Cc1cc([C@@H]2[C@H](c3ccccn3)NC(=S)N2c2ccc(C(C)C)cc2)c(C)n1-c1cccnc1. The third kappa shape index (κ3) is 3.88. The van der Waals surface area contributed by atoms with Gasteiger partial charge in [0.25, 0.3) is 0 Å². The van der Waals surface area contributed by atoms with E-state index in [0.29, 0.717) is 11.0 Å². The van der Waals surface area contributed by atoms with Crippen LogP contribution in [0.4, 0.5) is 5.69 Å². The molecule has 0 spiro atoms. The third-order valence-electron chi connectivity index (χ3n) is 6.63. The number of nitrogens with zero attached hydrogens (tertiary/aromatic N) is 4. The molecule has 1 N–H and O–H groups in total. The number of benzene rings is 1. The molecule has 0 aliphatic carbocycles. The van der Waals surface area contributed by atoms with E-state index in [0.717, 1.165) is 22.8 Å². The molecule has 0 saturated carbocycles. The standard InChI is InChI=1S/C28H29N5S/c1-18(2)21-10-12-22(13-11-21)33-27(26(31-28(33)34)25-9-5-6-15-30-25)24-16-19(3)32(20(24)4)23-8-7-14-29-17-23/h5-18,26-27H,1-4H3,(H,31,34)/t26-,27+/m0/s1. The largest absolute Gasteiger partial charge is 0.351 e. The fraction of sp³-hybridized carbons (Fsp3) is 0.250. The molecule has 0 unspecified atom stereocenters. The van der Waals surface area contributed by atoms with Crippen LogP contribution in [-0.2, 0) is 0 Å². The summed E-state index contributed by atoms with van der Waals surface area (Å²) >= 11 is 5.91. The van der Waals surface area contributed by atoms with Crippen molar-refractivity contribution < 1.29 is 0 Å². The van der Waals surface area contributed by atoms with E-state index in [9.17, 15) is 0 Å². The van der Waals surface area contributed by atoms with E-state index in [2.05, 4.69) is 94.9 Å². The first-order valence-corrected chi connectivity index (χ1v) is 12.1. The molecule has 1 saturated heterocycles. The monoisotopic (exact) mass is 467 g/mol. The van der Waals surface area contributed by atoms with Gasteiger partial charge in [-0.15, -0.1) is 0 Å². The first kappa shape index (κ1) is 22.3. The summed E-state index contributed by atoms with van der Waals surface area (Å²) in [6, 6.07) is 21.0. The lowest BCUT2D eigenvalue weighted by Crippen LogP contribution is -2.29. The van der Waals surface area contributed by atoms with Crippen molar-refractivity contribution in [2.24, 2.45) is 0 Å². The number of rotatable bonds is 5. The molecule has 1 aliphatic heterocycles. The van der Waals surface area contributed by atoms with E-state index >= 15 is 0 Å². The Balaban J connectivity index is 1.65. The molecule has 0 amide bonds. The molecule has 1 aliphatic rings. The predicted molar refractivity (Wildman–Crippen MR) is 142 cm³/mol. The zero-order chi connectivity index (χ0) is 23.8. The maximum atomic E-state index is 5.91. The molecule has 3 aromatic heterocycles. The highest BCUT2D eigenvalue weighted by atomic mass is 32.1. The quantitative estimate of drug-likeness (QED) is 0.355. The molecule has 0 bridgehead atoms. The number of aryl methyl sites for hydroxylation is 1. The van der Waals surface area contributed by atoms with E-state index in [1.165, 1.54) is 16.8 Å². The molecule has 1 fully saturated rings. The minimum Gasteiger partial charge on any atom is -0.351 e. The predicted octanol–water partition coefficient (Wildman–Crippen LogP) is 6.18. The van der Waals surface area contributed by atoms with Crippen molar-refractivity contribution in [3.05, 3.63) is 107 Å².